The highest BCUT2D eigenvalue weighted by Gasteiger charge is 2.07. The van der Waals surface area contributed by atoms with Crippen LogP contribution in [0.5, 0.6) is 5.75 Å². The molecule has 0 aliphatic rings. The lowest BCUT2D eigenvalue weighted by Gasteiger charge is -2.11. The summed E-state index contributed by atoms with van der Waals surface area (Å²) in [4.78, 5) is 0.510. The molecule has 0 bridgehead atoms. The molecule has 2 heteroatoms. The van der Waals surface area contributed by atoms with Gasteiger partial charge in [-0.25, -0.2) is 0 Å². The summed E-state index contributed by atoms with van der Waals surface area (Å²) >= 11 is 3.80. The first-order chi connectivity index (χ1) is 9.69. The predicted molar refractivity (Wildman–Crippen MR) is 88.9 cm³/mol. The van der Waals surface area contributed by atoms with Crippen LogP contribution in [0.15, 0.2) is 48.5 Å². The van der Waals surface area contributed by atoms with Gasteiger partial charge >= 0.3 is 0 Å². The smallest absolute Gasteiger partial charge is 0.118 e. The number of hydrogen-bond donors (Lipinski definition) is 0. The molecule has 106 valence electrons. The largest absolute Gasteiger partial charge is 0.497 e. The van der Waals surface area contributed by atoms with Crippen LogP contribution in [-0.2, 0) is 12.8 Å². The van der Waals surface area contributed by atoms with E-state index in [1.54, 1.807) is 7.11 Å². The maximum Gasteiger partial charge on any atom is 0.118 e. The molecule has 0 heterocycles. The van der Waals surface area contributed by atoms with E-state index in [2.05, 4.69) is 59.3 Å². The minimum atomic E-state index is 0.510. The van der Waals surface area contributed by atoms with Crippen LogP contribution in [0.4, 0.5) is 0 Å². The van der Waals surface area contributed by atoms with Crippen LogP contribution in [0, 0.1) is 6.92 Å². The summed E-state index contributed by atoms with van der Waals surface area (Å²) in [6.45, 7) is 2.18. The number of halogens is 1. The summed E-state index contributed by atoms with van der Waals surface area (Å²) in [6, 6.07) is 17.0. The van der Waals surface area contributed by atoms with Crippen LogP contribution in [0.25, 0.3) is 0 Å². The topological polar surface area (TPSA) is 9.23 Å². The van der Waals surface area contributed by atoms with E-state index in [0.29, 0.717) is 4.83 Å². The molecule has 20 heavy (non-hydrogen) atoms. The molecular formula is C18H21BrO. The van der Waals surface area contributed by atoms with E-state index in [9.17, 15) is 0 Å². The van der Waals surface area contributed by atoms with Crippen LogP contribution in [0.3, 0.4) is 0 Å². The van der Waals surface area contributed by atoms with Crippen LogP contribution >= 0.6 is 15.9 Å². The second kappa shape index (κ2) is 7.49. The number of benzene rings is 2. The Morgan fingerprint density at radius 3 is 2.40 bits per heavy atom. The lowest BCUT2D eigenvalue weighted by Crippen LogP contribution is -2.05. The lowest BCUT2D eigenvalue weighted by atomic mass is 10.0. The second-order valence-corrected chi connectivity index (χ2v) is 6.41. The first-order valence-corrected chi connectivity index (χ1v) is 7.92. The van der Waals surface area contributed by atoms with Gasteiger partial charge in [-0.2, -0.15) is 0 Å². The van der Waals surface area contributed by atoms with Gasteiger partial charge in [0.25, 0.3) is 0 Å². The van der Waals surface area contributed by atoms with Crippen molar-refractivity contribution < 1.29 is 4.74 Å². The summed E-state index contributed by atoms with van der Waals surface area (Å²) in [7, 11) is 1.70. The summed E-state index contributed by atoms with van der Waals surface area (Å²) in [6.07, 6.45) is 3.32. The average Bonchev–Trinajstić information content (AvgIpc) is 2.47. The summed E-state index contributed by atoms with van der Waals surface area (Å²) in [5, 5.41) is 0. The van der Waals surface area contributed by atoms with Crippen LogP contribution < -0.4 is 4.74 Å². The van der Waals surface area contributed by atoms with Crippen molar-refractivity contribution >= 4 is 15.9 Å². The van der Waals surface area contributed by atoms with Crippen LogP contribution in [-0.4, -0.2) is 11.9 Å². The molecule has 0 saturated heterocycles. The Bertz CT molecular complexity index is 533. The molecule has 0 saturated carbocycles. The molecule has 0 aliphatic carbocycles. The zero-order valence-electron chi connectivity index (χ0n) is 12.1. The quantitative estimate of drug-likeness (QED) is 0.680. The predicted octanol–water partition coefficient (Wildman–Crippen LogP) is 4.94. The van der Waals surface area contributed by atoms with Crippen molar-refractivity contribution in [1.29, 1.82) is 0 Å². The van der Waals surface area contributed by atoms with Crippen molar-refractivity contribution in [3.05, 3.63) is 65.2 Å². The Morgan fingerprint density at radius 1 is 1.05 bits per heavy atom. The Kier molecular flexibility index (Phi) is 5.66. The monoisotopic (exact) mass is 332 g/mol. The molecule has 0 N–H and O–H groups in total. The highest BCUT2D eigenvalue weighted by Crippen LogP contribution is 2.19. The SMILES string of the molecule is COc1ccc(CC(Br)CCc2ccccc2C)cc1. The highest BCUT2D eigenvalue weighted by molar-refractivity contribution is 9.09. The molecule has 1 unspecified atom stereocenters. The van der Waals surface area contributed by atoms with E-state index in [0.717, 1.165) is 25.0 Å². The fraction of sp³-hybridized carbons (Fsp3) is 0.333. The van der Waals surface area contributed by atoms with Gasteiger partial charge in [-0.15, -0.1) is 0 Å². The number of aryl methyl sites for hydroxylation is 2. The molecule has 2 aromatic carbocycles. The van der Waals surface area contributed by atoms with Crippen molar-refractivity contribution in [2.45, 2.75) is 31.0 Å². The van der Waals surface area contributed by atoms with E-state index in [-0.39, 0.29) is 0 Å². The van der Waals surface area contributed by atoms with Crippen molar-refractivity contribution in [2.75, 3.05) is 7.11 Å². The molecule has 2 rings (SSSR count). The van der Waals surface area contributed by atoms with Gasteiger partial charge in [0.2, 0.25) is 0 Å². The molecule has 0 aromatic heterocycles. The van der Waals surface area contributed by atoms with Crippen molar-refractivity contribution in [3.8, 4) is 5.75 Å². The molecule has 0 amide bonds. The van der Waals surface area contributed by atoms with E-state index in [1.807, 2.05) is 12.1 Å². The zero-order chi connectivity index (χ0) is 14.4. The molecule has 1 atom stereocenters. The Labute approximate surface area is 130 Å². The number of rotatable bonds is 6. The van der Waals surface area contributed by atoms with Gasteiger partial charge in [0.1, 0.15) is 5.75 Å². The van der Waals surface area contributed by atoms with Crippen molar-refractivity contribution in [1.82, 2.24) is 0 Å². The molecular weight excluding hydrogens is 312 g/mol. The Morgan fingerprint density at radius 2 is 1.75 bits per heavy atom. The van der Waals surface area contributed by atoms with E-state index < -0.39 is 0 Å². The van der Waals surface area contributed by atoms with E-state index >= 15 is 0 Å². The van der Waals surface area contributed by atoms with Crippen molar-refractivity contribution in [2.24, 2.45) is 0 Å². The summed E-state index contributed by atoms with van der Waals surface area (Å²) in [5.74, 6) is 0.916. The molecule has 0 fully saturated rings. The Balaban J connectivity index is 1.86. The number of methoxy groups -OCH3 is 1. The third-order valence-electron chi connectivity index (χ3n) is 3.60. The third-order valence-corrected chi connectivity index (χ3v) is 4.39. The fourth-order valence-electron chi connectivity index (χ4n) is 2.32. The average molecular weight is 333 g/mol. The van der Waals surface area contributed by atoms with Crippen molar-refractivity contribution in [3.63, 3.8) is 0 Å². The van der Waals surface area contributed by atoms with Gasteiger partial charge in [0, 0.05) is 4.83 Å². The number of hydrogen-bond acceptors (Lipinski definition) is 1. The van der Waals surface area contributed by atoms with Crippen LogP contribution in [0.1, 0.15) is 23.1 Å². The maximum atomic E-state index is 5.18. The number of ether oxygens (including phenoxy) is 1. The van der Waals surface area contributed by atoms with Gasteiger partial charge in [-0.1, -0.05) is 52.3 Å². The van der Waals surface area contributed by atoms with Gasteiger partial charge < -0.3 is 4.74 Å². The third kappa shape index (κ3) is 4.38. The summed E-state index contributed by atoms with van der Waals surface area (Å²) in [5.41, 5.74) is 4.18. The zero-order valence-corrected chi connectivity index (χ0v) is 13.7. The first kappa shape index (κ1) is 15.1. The lowest BCUT2D eigenvalue weighted by molar-refractivity contribution is 0.414. The van der Waals surface area contributed by atoms with E-state index in [1.165, 1.54) is 16.7 Å². The summed E-state index contributed by atoms with van der Waals surface area (Å²) < 4.78 is 5.18. The molecule has 0 aliphatic heterocycles. The fourth-order valence-corrected chi connectivity index (χ4v) is 2.92. The minimum absolute atomic E-state index is 0.510. The van der Waals surface area contributed by atoms with Gasteiger partial charge in [0.05, 0.1) is 7.11 Å². The second-order valence-electron chi connectivity index (χ2n) is 5.11. The highest BCUT2D eigenvalue weighted by atomic mass is 79.9. The van der Waals surface area contributed by atoms with Gasteiger partial charge in [-0.3, -0.25) is 0 Å². The van der Waals surface area contributed by atoms with Gasteiger partial charge in [-0.05, 0) is 55.0 Å². The Hall–Kier alpha value is -1.28. The van der Waals surface area contributed by atoms with Crippen LogP contribution in [0.2, 0.25) is 0 Å². The molecule has 0 radical (unpaired) electrons. The number of alkyl halides is 1. The minimum Gasteiger partial charge on any atom is -0.497 e. The standard InChI is InChI=1S/C18H21BrO/c1-14-5-3-4-6-16(14)9-10-17(19)13-15-7-11-18(20-2)12-8-15/h3-8,11-12,17H,9-10,13H2,1-2H3. The molecule has 1 nitrogen and oxygen atoms in total. The first-order valence-electron chi connectivity index (χ1n) is 7.00. The normalized spacial score (nSPS) is 12.2. The van der Waals surface area contributed by atoms with Gasteiger partial charge in [0.15, 0.2) is 0 Å². The van der Waals surface area contributed by atoms with E-state index in [4.69, 9.17) is 4.74 Å². The molecule has 2 aromatic rings. The maximum absolute atomic E-state index is 5.18. The molecule has 0 spiro atoms.